The minimum absolute atomic E-state index is 0.0111. The van der Waals surface area contributed by atoms with E-state index in [2.05, 4.69) is 0 Å². The highest BCUT2D eigenvalue weighted by Crippen LogP contribution is 2.48. The van der Waals surface area contributed by atoms with E-state index in [4.69, 9.17) is 9.47 Å². The third-order valence-corrected chi connectivity index (χ3v) is 4.84. The summed E-state index contributed by atoms with van der Waals surface area (Å²) in [6.07, 6.45) is -2.14. The molecule has 1 N–H and O–H groups in total. The molecule has 0 unspecified atom stereocenters. The van der Waals surface area contributed by atoms with Crippen LogP contribution in [-0.2, 0) is 19.1 Å². The van der Waals surface area contributed by atoms with Crippen LogP contribution in [0.1, 0.15) is 39.0 Å². The summed E-state index contributed by atoms with van der Waals surface area (Å²) in [5, 5.41) is 10.7. The van der Waals surface area contributed by atoms with Gasteiger partial charge < -0.3 is 14.6 Å². The van der Waals surface area contributed by atoms with E-state index in [-0.39, 0.29) is 24.9 Å². The number of nitrogens with zero attached hydrogens (tertiary/aromatic N) is 1. The number of carbonyl (C=O) groups excluding carboxylic acids is 2. The van der Waals surface area contributed by atoms with Crippen LogP contribution in [0.25, 0.3) is 0 Å². The van der Waals surface area contributed by atoms with Crippen LogP contribution >= 0.6 is 0 Å². The summed E-state index contributed by atoms with van der Waals surface area (Å²) < 4.78 is 11.4. The van der Waals surface area contributed by atoms with Crippen LogP contribution in [0.2, 0.25) is 0 Å². The number of esters is 1. The molecule has 2 fully saturated rings. The third-order valence-electron chi connectivity index (χ3n) is 4.84. The van der Waals surface area contributed by atoms with Gasteiger partial charge in [0.15, 0.2) is 6.23 Å². The second-order valence-electron chi connectivity index (χ2n) is 6.82. The lowest BCUT2D eigenvalue weighted by Crippen LogP contribution is -2.61. The SMILES string of the molecule is CC(=O)O[C@@H](C(C)C)[C@@]12CO[C@@H](c3ccccc3)N1C(=O)C[C@@H]2O. The Labute approximate surface area is 141 Å². The van der Waals surface area contributed by atoms with E-state index in [0.29, 0.717) is 0 Å². The Morgan fingerprint density at radius 1 is 1.38 bits per heavy atom. The molecule has 0 aliphatic carbocycles. The Bertz CT molecular complexity index is 632. The summed E-state index contributed by atoms with van der Waals surface area (Å²) in [6, 6.07) is 9.41. The monoisotopic (exact) mass is 333 g/mol. The van der Waals surface area contributed by atoms with E-state index < -0.39 is 29.9 Å². The minimum atomic E-state index is -1.04. The molecule has 1 aromatic carbocycles. The zero-order valence-electron chi connectivity index (χ0n) is 14.1. The average Bonchev–Trinajstić information content (AvgIpc) is 3.04. The van der Waals surface area contributed by atoms with E-state index in [9.17, 15) is 14.7 Å². The zero-order chi connectivity index (χ0) is 17.5. The minimum Gasteiger partial charge on any atom is -0.460 e. The number of ether oxygens (including phenoxy) is 2. The molecule has 0 aromatic heterocycles. The fourth-order valence-corrected chi connectivity index (χ4v) is 3.90. The van der Waals surface area contributed by atoms with Gasteiger partial charge >= 0.3 is 5.97 Å². The van der Waals surface area contributed by atoms with Gasteiger partial charge in [-0.2, -0.15) is 0 Å². The number of amides is 1. The van der Waals surface area contributed by atoms with Gasteiger partial charge in [-0.25, -0.2) is 0 Å². The Morgan fingerprint density at radius 3 is 2.62 bits per heavy atom. The molecule has 2 aliphatic rings. The first kappa shape index (κ1) is 16.9. The smallest absolute Gasteiger partial charge is 0.302 e. The molecule has 1 amide bonds. The second-order valence-corrected chi connectivity index (χ2v) is 6.82. The van der Waals surface area contributed by atoms with Gasteiger partial charge in [-0.15, -0.1) is 0 Å². The fourth-order valence-electron chi connectivity index (χ4n) is 3.90. The number of hydrogen-bond acceptors (Lipinski definition) is 5. The first-order valence-electron chi connectivity index (χ1n) is 8.22. The normalized spacial score (nSPS) is 30.5. The molecule has 0 bridgehead atoms. The van der Waals surface area contributed by atoms with Gasteiger partial charge in [0.25, 0.3) is 0 Å². The Hall–Kier alpha value is -1.92. The van der Waals surface area contributed by atoms with Crippen LogP contribution < -0.4 is 0 Å². The summed E-state index contributed by atoms with van der Waals surface area (Å²) >= 11 is 0. The summed E-state index contributed by atoms with van der Waals surface area (Å²) in [4.78, 5) is 25.8. The molecule has 24 heavy (non-hydrogen) atoms. The highest BCUT2D eigenvalue weighted by Gasteiger charge is 2.65. The van der Waals surface area contributed by atoms with Gasteiger partial charge in [0.1, 0.15) is 11.6 Å². The highest BCUT2D eigenvalue weighted by atomic mass is 16.6. The van der Waals surface area contributed by atoms with E-state index in [1.54, 1.807) is 4.90 Å². The van der Waals surface area contributed by atoms with Crippen molar-refractivity contribution in [3.8, 4) is 0 Å². The highest BCUT2D eigenvalue weighted by molar-refractivity contribution is 5.82. The Balaban J connectivity index is 2.04. The molecule has 1 aromatic rings. The maximum Gasteiger partial charge on any atom is 0.302 e. The lowest BCUT2D eigenvalue weighted by molar-refractivity contribution is -0.164. The van der Waals surface area contributed by atoms with Crippen molar-refractivity contribution in [1.82, 2.24) is 4.90 Å². The number of carbonyl (C=O) groups is 2. The first-order chi connectivity index (χ1) is 11.4. The molecule has 0 spiro atoms. The molecule has 0 radical (unpaired) electrons. The van der Waals surface area contributed by atoms with Crippen molar-refractivity contribution in [3.05, 3.63) is 35.9 Å². The molecule has 0 saturated carbocycles. The van der Waals surface area contributed by atoms with Gasteiger partial charge in [-0.1, -0.05) is 44.2 Å². The molecule has 2 heterocycles. The number of aliphatic hydroxyl groups excluding tert-OH is 1. The van der Waals surface area contributed by atoms with Crippen LogP contribution in [0, 0.1) is 5.92 Å². The predicted molar refractivity (Wildman–Crippen MR) is 85.7 cm³/mol. The lowest BCUT2D eigenvalue weighted by atomic mass is 9.82. The second kappa shape index (κ2) is 6.18. The average molecular weight is 333 g/mol. The van der Waals surface area contributed by atoms with Crippen LogP contribution in [0.15, 0.2) is 30.3 Å². The van der Waals surface area contributed by atoms with Gasteiger partial charge in [-0.3, -0.25) is 14.5 Å². The zero-order valence-corrected chi connectivity index (χ0v) is 14.1. The third kappa shape index (κ3) is 2.50. The summed E-state index contributed by atoms with van der Waals surface area (Å²) in [6.45, 7) is 5.29. The molecule has 6 heteroatoms. The molecular formula is C18H23NO5. The van der Waals surface area contributed by atoms with Crippen molar-refractivity contribution in [3.63, 3.8) is 0 Å². The van der Waals surface area contributed by atoms with E-state index >= 15 is 0 Å². The van der Waals surface area contributed by atoms with Gasteiger partial charge in [0, 0.05) is 12.5 Å². The fraction of sp³-hybridized carbons (Fsp3) is 0.556. The number of aliphatic hydroxyl groups is 1. The Morgan fingerprint density at radius 2 is 2.04 bits per heavy atom. The van der Waals surface area contributed by atoms with Crippen LogP contribution in [0.5, 0.6) is 0 Å². The van der Waals surface area contributed by atoms with Crippen LogP contribution in [-0.4, -0.2) is 46.2 Å². The molecular weight excluding hydrogens is 310 g/mol. The summed E-state index contributed by atoms with van der Waals surface area (Å²) in [5.74, 6) is -0.695. The largest absolute Gasteiger partial charge is 0.460 e. The maximum atomic E-state index is 12.6. The maximum absolute atomic E-state index is 12.6. The number of rotatable bonds is 4. The number of fused-ring (bicyclic) bond motifs is 1. The molecule has 6 nitrogen and oxygen atoms in total. The topological polar surface area (TPSA) is 76.1 Å². The van der Waals surface area contributed by atoms with Gasteiger partial charge in [0.2, 0.25) is 5.91 Å². The van der Waals surface area contributed by atoms with Crippen molar-refractivity contribution >= 4 is 11.9 Å². The quantitative estimate of drug-likeness (QED) is 0.848. The molecule has 4 atom stereocenters. The lowest BCUT2D eigenvalue weighted by Gasteiger charge is -2.42. The van der Waals surface area contributed by atoms with E-state index in [1.807, 2.05) is 44.2 Å². The molecule has 3 rings (SSSR count). The van der Waals surface area contributed by atoms with Crippen LogP contribution in [0.3, 0.4) is 0 Å². The molecule has 130 valence electrons. The van der Waals surface area contributed by atoms with Crippen molar-refractivity contribution in [1.29, 1.82) is 0 Å². The van der Waals surface area contributed by atoms with Crippen molar-refractivity contribution in [2.45, 2.75) is 51.2 Å². The predicted octanol–water partition coefficient (Wildman–Crippen LogP) is 1.64. The Kier molecular flexibility index (Phi) is 4.36. The number of hydrogen-bond donors (Lipinski definition) is 1. The first-order valence-corrected chi connectivity index (χ1v) is 8.22. The van der Waals surface area contributed by atoms with Crippen molar-refractivity contribution in [2.75, 3.05) is 6.61 Å². The standard InChI is InChI=1S/C18H23NO5/c1-11(2)16(24-12(3)20)18-10-23-17(13-7-5-4-6-8-13)19(18)15(22)9-14(18)21/h4-8,11,14,16-17,21H,9-10H2,1-3H3/t14-,16-,17-,18-/m0/s1. The van der Waals surface area contributed by atoms with Gasteiger partial charge in [0.05, 0.1) is 19.1 Å². The van der Waals surface area contributed by atoms with Crippen molar-refractivity contribution in [2.24, 2.45) is 5.92 Å². The van der Waals surface area contributed by atoms with Crippen LogP contribution in [0.4, 0.5) is 0 Å². The summed E-state index contributed by atoms with van der Waals surface area (Å²) in [5.41, 5.74) is -0.204. The summed E-state index contributed by atoms with van der Waals surface area (Å²) in [7, 11) is 0. The molecule has 2 saturated heterocycles. The van der Waals surface area contributed by atoms with E-state index in [1.165, 1.54) is 6.92 Å². The molecule has 2 aliphatic heterocycles. The van der Waals surface area contributed by atoms with Crippen molar-refractivity contribution < 1.29 is 24.2 Å². The van der Waals surface area contributed by atoms with E-state index in [0.717, 1.165) is 5.56 Å². The number of benzene rings is 1. The van der Waals surface area contributed by atoms with Gasteiger partial charge in [-0.05, 0) is 5.92 Å².